The lowest BCUT2D eigenvalue weighted by Crippen LogP contribution is -2.23. The van der Waals surface area contributed by atoms with Crippen molar-refractivity contribution in [2.24, 2.45) is 5.73 Å². The molecule has 2 heterocycles. The first-order valence-electron chi connectivity index (χ1n) is 5.58. The van der Waals surface area contributed by atoms with E-state index in [0.717, 1.165) is 6.42 Å². The van der Waals surface area contributed by atoms with Gasteiger partial charge >= 0.3 is 6.01 Å². The summed E-state index contributed by atoms with van der Waals surface area (Å²) in [6.45, 7) is 0.585. The zero-order valence-electron chi connectivity index (χ0n) is 9.47. The lowest BCUT2D eigenvalue weighted by atomic mass is 10.2. The Kier molecular flexibility index (Phi) is 2.29. The van der Waals surface area contributed by atoms with Crippen LogP contribution in [0.3, 0.4) is 0 Å². The molecule has 1 fully saturated rings. The van der Waals surface area contributed by atoms with E-state index < -0.39 is 5.91 Å². The molecule has 1 saturated heterocycles. The monoisotopic (exact) mass is 244 g/mol. The minimum Gasteiger partial charge on any atom is -0.423 e. The van der Waals surface area contributed by atoms with E-state index >= 15 is 0 Å². The van der Waals surface area contributed by atoms with Crippen LogP contribution < -0.4 is 10.6 Å². The summed E-state index contributed by atoms with van der Waals surface area (Å²) in [6, 6.07) is 6.13. The number of primary amides is 1. The summed E-state index contributed by atoms with van der Waals surface area (Å²) in [7, 11) is 0. The number of benzene rings is 1. The quantitative estimate of drug-likeness (QED) is 0.848. The number of carbonyl (C=O) groups excluding carboxylic acids is 2. The van der Waals surface area contributed by atoms with Gasteiger partial charge < -0.3 is 10.2 Å². The van der Waals surface area contributed by atoms with Gasteiger partial charge in [0.2, 0.25) is 5.91 Å². The van der Waals surface area contributed by atoms with Gasteiger partial charge in [-0.25, -0.2) is 0 Å². The van der Waals surface area contributed by atoms with Gasteiger partial charge in [0.05, 0.1) is 5.56 Å². The number of hydrogen-bond acceptors (Lipinski definition) is 4. The molecule has 18 heavy (non-hydrogen) atoms. The molecule has 1 aliphatic heterocycles. The highest BCUT2D eigenvalue weighted by Crippen LogP contribution is 2.26. The average molecular weight is 244 g/mol. The first-order chi connectivity index (χ1) is 8.66. The standard InChI is InChI=1S/C12H10N3O3/c13-11(17)7-3-1-4-8-10(7)14-12(18-8)15-6-2-5-9(15)16/h1,4H,2,5-6H2,(H2,13,17). The zero-order chi connectivity index (χ0) is 12.7. The van der Waals surface area contributed by atoms with Gasteiger partial charge in [-0.15, -0.1) is 0 Å². The Morgan fingerprint density at radius 2 is 2.39 bits per heavy atom. The van der Waals surface area contributed by atoms with E-state index in [1.165, 1.54) is 4.90 Å². The second-order valence-electron chi connectivity index (χ2n) is 4.08. The summed E-state index contributed by atoms with van der Waals surface area (Å²) in [6.07, 6.45) is 1.28. The molecule has 0 bridgehead atoms. The van der Waals surface area contributed by atoms with Crippen molar-refractivity contribution in [2.45, 2.75) is 12.8 Å². The van der Waals surface area contributed by atoms with Crippen LogP contribution in [-0.4, -0.2) is 23.3 Å². The van der Waals surface area contributed by atoms with Crippen molar-refractivity contribution in [1.29, 1.82) is 0 Å². The van der Waals surface area contributed by atoms with Crippen molar-refractivity contribution in [3.63, 3.8) is 0 Å². The number of amides is 2. The van der Waals surface area contributed by atoms with Crippen molar-refractivity contribution >= 4 is 28.9 Å². The number of hydrogen-bond donors (Lipinski definition) is 1. The fourth-order valence-electron chi connectivity index (χ4n) is 2.04. The van der Waals surface area contributed by atoms with Crippen LogP contribution in [0.2, 0.25) is 0 Å². The second kappa shape index (κ2) is 3.83. The highest BCUT2D eigenvalue weighted by molar-refractivity contribution is 6.04. The number of aromatic nitrogens is 1. The first-order valence-corrected chi connectivity index (χ1v) is 5.58. The average Bonchev–Trinajstić information content (AvgIpc) is 2.92. The SMILES string of the molecule is NC(=O)c1[c]ccc2oc(N3CCCC3=O)nc12. The summed E-state index contributed by atoms with van der Waals surface area (Å²) < 4.78 is 5.48. The normalized spacial score (nSPS) is 15.6. The van der Waals surface area contributed by atoms with E-state index in [4.69, 9.17) is 10.2 Å². The van der Waals surface area contributed by atoms with Gasteiger partial charge in [0.25, 0.3) is 5.91 Å². The predicted octanol–water partition coefficient (Wildman–Crippen LogP) is 0.854. The lowest BCUT2D eigenvalue weighted by Gasteiger charge is -2.08. The minimum atomic E-state index is -0.617. The van der Waals surface area contributed by atoms with E-state index in [-0.39, 0.29) is 17.5 Å². The van der Waals surface area contributed by atoms with Gasteiger partial charge in [0, 0.05) is 13.0 Å². The molecular formula is C12H10N3O3. The van der Waals surface area contributed by atoms with Gasteiger partial charge in [-0.05, 0) is 24.6 Å². The van der Waals surface area contributed by atoms with E-state index in [1.54, 1.807) is 12.1 Å². The second-order valence-corrected chi connectivity index (χ2v) is 4.08. The largest absolute Gasteiger partial charge is 0.423 e. The van der Waals surface area contributed by atoms with Crippen LogP contribution in [0.4, 0.5) is 6.01 Å². The van der Waals surface area contributed by atoms with Gasteiger partial charge in [-0.2, -0.15) is 4.98 Å². The Labute approximate surface area is 102 Å². The molecule has 0 unspecified atom stereocenters. The van der Waals surface area contributed by atoms with Crippen molar-refractivity contribution in [3.05, 3.63) is 23.8 Å². The zero-order valence-corrected chi connectivity index (χ0v) is 9.47. The molecule has 1 aliphatic rings. The molecule has 91 valence electrons. The highest BCUT2D eigenvalue weighted by atomic mass is 16.4. The fourth-order valence-corrected chi connectivity index (χ4v) is 2.04. The van der Waals surface area contributed by atoms with Gasteiger partial charge in [0.15, 0.2) is 5.58 Å². The van der Waals surface area contributed by atoms with E-state index in [0.29, 0.717) is 24.1 Å². The maximum Gasteiger partial charge on any atom is 0.305 e. The Hall–Kier alpha value is -2.37. The van der Waals surface area contributed by atoms with Crippen molar-refractivity contribution in [3.8, 4) is 0 Å². The summed E-state index contributed by atoms with van der Waals surface area (Å²) in [5, 5.41) is 0. The van der Waals surface area contributed by atoms with Crippen molar-refractivity contribution in [1.82, 2.24) is 4.98 Å². The van der Waals surface area contributed by atoms with Gasteiger partial charge in [-0.3, -0.25) is 14.5 Å². The number of anilines is 1. The lowest BCUT2D eigenvalue weighted by molar-refractivity contribution is -0.117. The van der Waals surface area contributed by atoms with E-state index in [9.17, 15) is 9.59 Å². The smallest absolute Gasteiger partial charge is 0.305 e. The molecule has 6 heteroatoms. The number of fused-ring (bicyclic) bond motifs is 1. The number of nitrogens with two attached hydrogens (primary N) is 1. The molecule has 0 atom stereocenters. The van der Waals surface area contributed by atoms with E-state index in [1.807, 2.05) is 0 Å². The number of oxazole rings is 1. The highest BCUT2D eigenvalue weighted by Gasteiger charge is 2.26. The molecule has 0 saturated carbocycles. The maximum absolute atomic E-state index is 11.6. The molecule has 2 aromatic rings. The first kappa shape index (κ1) is 10.8. The molecule has 2 N–H and O–H groups in total. The number of rotatable bonds is 2. The Morgan fingerprint density at radius 1 is 1.56 bits per heavy atom. The third kappa shape index (κ3) is 1.54. The van der Waals surface area contributed by atoms with Crippen molar-refractivity contribution in [2.75, 3.05) is 11.4 Å². The molecule has 1 aromatic heterocycles. The minimum absolute atomic E-state index is 0.0221. The fraction of sp³-hybridized carbons (Fsp3) is 0.250. The predicted molar refractivity (Wildman–Crippen MR) is 62.9 cm³/mol. The van der Waals surface area contributed by atoms with Crippen LogP contribution in [0.15, 0.2) is 16.5 Å². The number of carbonyl (C=O) groups is 2. The van der Waals surface area contributed by atoms with Crippen LogP contribution in [0.5, 0.6) is 0 Å². The molecule has 0 spiro atoms. The van der Waals surface area contributed by atoms with Gasteiger partial charge in [-0.1, -0.05) is 0 Å². The molecule has 3 rings (SSSR count). The summed E-state index contributed by atoms with van der Waals surface area (Å²) in [4.78, 5) is 28.5. The van der Waals surface area contributed by atoms with Crippen LogP contribution in [0, 0.1) is 6.07 Å². The maximum atomic E-state index is 11.6. The summed E-state index contributed by atoms with van der Waals surface area (Å²) in [5.41, 5.74) is 6.19. The Morgan fingerprint density at radius 3 is 3.06 bits per heavy atom. The third-order valence-corrected chi connectivity index (χ3v) is 2.89. The number of nitrogens with zero attached hydrogens (tertiary/aromatic N) is 2. The van der Waals surface area contributed by atoms with E-state index in [2.05, 4.69) is 11.1 Å². The van der Waals surface area contributed by atoms with Gasteiger partial charge in [0.1, 0.15) is 5.52 Å². The Bertz CT molecular complexity index is 647. The molecule has 6 nitrogen and oxygen atoms in total. The summed E-state index contributed by atoms with van der Waals surface area (Å²) >= 11 is 0. The van der Waals surface area contributed by atoms with Crippen LogP contribution in [0.25, 0.3) is 11.1 Å². The third-order valence-electron chi connectivity index (χ3n) is 2.89. The Balaban J connectivity index is 2.13. The molecule has 2 amide bonds. The van der Waals surface area contributed by atoms with Crippen molar-refractivity contribution < 1.29 is 14.0 Å². The van der Waals surface area contributed by atoms with Crippen LogP contribution in [-0.2, 0) is 4.79 Å². The molecule has 1 aromatic carbocycles. The molecular weight excluding hydrogens is 234 g/mol. The molecule has 1 radical (unpaired) electrons. The topological polar surface area (TPSA) is 89.4 Å². The molecule has 0 aliphatic carbocycles. The summed E-state index contributed by atoms with van der Waals surface area (Å²) in [5.74, 6) is -0.639. The van der Waals surface area contributed by atoms with Crippen LogP contribution in [0.1, 0.15) is 23.2 Å². The van der Waals surface area contributed by atoms with Crippen LogP contribution >= 0.6 is 0 Å².